The van der Waals surface area contributed by atoms with E-state index in [1.54, 1.807) is 18.2 Å². The van der Waals surface area contributed by atoms with Crippen LogP contribution < -0.4 is 4.74 Å². The van der Waals surface area contributed by atoms with Crippen LogP contribution >= 0.6 is 34.8 Å². The molecule has 5 heteroatoms. The normalized spacial score (nSPS) is 10.9. The van der Waals surface area contributed by atoms with Gasteiger partial charge in [-0.1, -0.05) is 83.3 Å². The molecule has 0 radical (unpaired) electrons. The van der Waals surface area contributed by atoms with Gasteiger partial charge in [0.15, 0.2) is 5.78 Å². The van der Waals surface area contributed by atoms with E-state index in [1.807, 2.05) is 54.6 Å². The highest BCUT2D eigenvalue weighted by Gasteiger charge is 2.13. The molecular weight excluding hydrogens is 403 g/mol. The SMILES string of the molecule is O=C(/C=C/c1ccc(OCc2ccccc2)cc1)c1ccc(Cl)c(Cl)c1Cl. The first kappa shape index (κ1) is 19.5. The summed E-state index contributed by atoms with van der Waals surface area (Å²) in [6.45, 7) is 0.504. The number of rotatable bonds is 6. The molecule has 27 heavy (non-hydrogen) atoms. The van der Waals surface area contributed by atoms with Crippen molar-refractivity contribution in [1.82, 2.24) is 0 Å². The molecule has 0 N–H and O–H groups in total. The highest BCUT2D eigenvalue weighted by atomic mass is 35.5. The summed E-state index contributed by atoms with van der Waals surface area (Å²) in [7, 11) is 0. The first-order chi connectivity index (χ1) is 13.0. The number of allylic oxidation sites excluding steroid dienone is 1. The monoisotopic (exact) mass is 416 g/mol. The van der Waals surface area contributed by atoms with Crippen molar-refractivity contribution in [2.24, 2.45) is 0 Å². The number of carbonyl (C=O) groups is 1. The second-order valence-corrected chi connectivity index (χ2v) is 6.93. The maximum atomic E-state index is 12.3. The van der Waals surface area contributed by atoms with Gasteiger partial charge in [-0.15, -0.1) is 0 Å². The van der Waals surface area contributed by atoms with Crippen LogP contribution in [-0.4, -0.2) is 5.78 Å². The van der Waals surface area contributed by atoms with Crippen LogP contribution in [0.1, 0.15) is 21.5 Å². The minimum Gasteiger partial charge on any atom is -0.489 e. The molecule has 0 heterocycles. The number of hydrogen-bond donors (Lipinski definition) is 0. The molecule has 0 unspecified atom stereocenters. The van der Waals surface area contributed by atoms with Gasteiger partial charge in [-0.3, -0.25) is 4.79 Å². The van der Waals surface area contributed by atoms with Crippen LogP contribution in [0.4, 0.5) is 0 Å². The number of ether oxygens (including phenoxy) is 1. The van der Waals surface area contributed by atoms with Crippen LogP contribution in [-0.2, 0) is 6.61 Å². The molecule has 0 aliphatic carbocycles. The Labute approximate surface area is 173 Å². The summed E-state index contributed by atoms with van der Waals surface area (Å²) in [6.07, 6.45) is 3.16. The third kappa shape index (κ3) is 5.14. The zero-order valence-electron chi connectivity index (χ0n) is 14.2. The van der Waals surface area contributed by atoms with E-state index in [2.05, 4.69) is 0 Å². The van der Waals surface area contributed by atoms with Crippen molar-refractivity contribution < 1.29 is 9.53 Å². The molecule has 2 nitrogen and oxygen atoms in total. The van der Waals surface area contributed by atoms with Gasteiger partial charge in [0.25, 0.3) is 0 Å². The molecule has 0 atom stereocenters. The third-order valence-corrected chi connectivity index (χ3v) is 5.15. The van der Waals surface area contributed by atoms with Crippen molar-refractivity contribution >= 4 is 46.7 Å². The van der Waals surface area contributed by atoms with Crippen molar-refractivity contribution in [3.8, 4) is 5.75 Å². The fraction of sp³-hybridized carbons (Fsp3) is 0.0455. The van der Waals surface area contributed by atoms with Crippen LogP contribution in [0.5, 0.6) is 5.75 Å². The zero-order chi connectivity index (χ0) is 19.2. The van der Waals surface area contributed by atoms with E-state index >= 15 is 0 Å². The Morgan fingerprint density at radius 3 is 2.26 bits per heavy atom. The van der Waals surface area contributed by atoms with Gasteiger partial charge in [-0.25, -0.2) is 0 Å². The van der Waals surface area contributed by atoms with Gasteiger partial charge in [-0.05, 0) is 41.5 Å². The average Bonchev–Trinajstić information content (AvgIpc) is 2.70. The van der Waals surface area contributed by atoms with Gasteiger partial charge in [0.05, 0.1) is 15.1 Å². The highest BCUT2D eigenvalue weighted by molar-refractivity contribution is 6.49. The number of hydrogen-bond acceptors (Lipinski definition) is 2. The van der Waals surface area contributed by atoms with E-state index in [1.165, 1.54) is 6.08 Å². The Hall–Kier alpha value is -2.26. The molecule has 0 saturated carbocycles. The molecule has 0 aromatic heterocycles. The molecule has 3 aromatic carbocycles. The summed E-state index contributed by atoms with van der Waals surface area (Å²) in [5.74, 6) is 0.512. The fourth-order valence-corrected chi connectivity index (χ4v) is 3.02. The summed E-state index contributed by atoms with van der Waals surface area (Å²) in [5.41, 5.74) is 2.28. The molecule has 0 bridgehead atoms. The number of halogens is 3. The Bertz CT molecular complexity index is 965. The highest BCUT2D eigenvalue weighted by Crippen LogP contribution is 2.33. The van der Waals surface area contributed by atoms with E-state index in [-0.39, 0.29) is 15.8 Å². The Morgan fingerprint density at radius 1 is 0.852 bits per heavy atom. The summed E-state index contributed by atoms with van der Waals surface area (Å²) in [5, 5.41) is 0.647. The summed E-state index contributed by atoms with van der Waals surface area (Å²) in [4.78, 5) is 12.3. The molecule has 0 amide bonds. The van der Waals surface area contributed by atoms with E-state index < -0.39 is 0 Å². The second-order valence-electron chi connectivity index (χ2n) is 5.76. The van der Waals surface area contributed by atoms with Crippen molar-refractivity contribution in [3.05, 3.63) is 105 Å². The quantitative estimate of drug-likeness (QED) is 0.242. The largest absolute Gasteiger partial charge is 0.489 e. The molecule has 0 fully saturated rings. The fourth-order valence-electron chi connectivity index (χ4n) is 2.39. The van der Waals surface area contributed by atoms with Crippen LogP contribution in [0.15, 0.2) is 72.8 Å². The third-order valence-electron chi connectivity index (χ3n) is 3.86. The predicted octanol–water partition coefficient (Wildman–Crippen LogP) is 7.12. The maximum Gasteiger partial charge on any atom is 0.187 e. The zero-order valence-corrected chi connectivity index (χ0v) is 16.4. The first-order valence-corrected chi connectivity index (χ1v) is 9.30. The smallest absolute Gasteiger partial charge is 0.187 e. The van der Waals surface area contributed by atoms with E-state index in [0.717, 1.165) is 16.9 Å². The minimum absolute atomic E-state index is 0.156. The lowest BCUT2D eigenvalue weighted by Crippen LogP contribution is -1.96. The van der Waals surface area contributed by atoms with Gasteiger partial charge in [-0.2, -0.15) is 0 Å². The molecule has 3 rings (SSSR count). The van der Waals surface area contributed by atoms with E-state index in [4.69, 9.17) is 39.5 Å². The first-order valence-electron chi connectivity index (χ1n) is 8.17. The van der Waals surface area contributed by atoms with E-state index in [0.29, 0.717) is 17.2 Å². The lowest BCUT2D eigenvalue weighted by atomic mass is 10.1. The molecular formula is C22H15Cl3O2. The molecule has 0 aliphatic rings. The second kappa shape index (κ2) is 9.09. The average molecular weight is 418 g/mol. The van der Waals surface area contributed by atoms with Gasteiger partial charge < -0.3 is 4.74 Å². The summed E-state index contributed by atoms with van der Waals surface area (Å²) in [6, 6.07) is 20.5. The van der Waals surface area contributed by atoms with E-state index in [9.17, 15) is 4.79 Å². The maximum absolute atomic E-state index is 12.3. The summed E-state index contributed by atoms with van der Waals surface area (Å²) < 4.78 is 5.75. The predicted molar refractivity (Wildman–Crippen MR) is 112 cm³/mol. The lowest BCUT2D eigenvalue weighted by molar-refractivity contribution is 0.104. The van der Waals surface area contributed by atoms with Gasteiger partial charge >= 0.3 is 0 Å². The minimum atomic E-state index is -0.247. The Kier molecular flexibility index (Phi) is 6.57. The van der Waals surface area contributed by atoms with Crippen LogP contribution in [0.2, 0.25) is 15.1 Å². The lowest BCUT2D eigenvalue weighted by Gasteiger charge is -2.06. The van der Waals surface area contributed by atoms with Crippen molar-refractivity contribution in [3.63, 3.8) is 0 Å². The molecule has 0 saturated heterocycles. The van der Waals surface area contributed by atoms with Crippen LogP contribution in [0.25, 0.3) is 6.08 Å². The van der Waals surface area contributed by atoms with Crippen molar-refractivity contribution in [2.45, 2.75) is 6.61 Å². The van der Waals surface area contributed by atoms with Gasteiger partial charge in [0, 0.05) is 5.56 Å². The van der Waals surface area contributed by atoms with Crippen molar-refractivity contribution in [2.75, 3.05) is 0 Å². The number of benzene rings is 3. The molecule has 136 valence electrons. The molecule has 0 spiro atoms. The van der Waals surface area contributed by atoms with Gasteiger partial charge in [0.1, 0.15) is 12.4 Å². The standard InChI is InChI=1S/C22H15Cl3O2/c23-19-12-11-18(21(24)22(19)25)20(26)13-8-15-6-9-17(10-7-15)27-14-16-4-2-1-3-5-16/h1-13H,14H2/b13-8+. The Balaban J connectivity index is 1.64. The van der Waals surface area contributed by atoms with Crippen LogP contribution in [0, 0.1) is 0 Å². The summed E-state index contributed by atoms with van der Waals surface area (Å²) >= 11 is 18.0. The molecule has 3 aromatic rings. The van der Waals surface area contributed by atoms with Crippen molar-refractivity contribution in [1.29, 1.82) is 0 Å². The Morgan fingerprint density at radius 2 is 1.56 bits per heavy atom. The number of ketones is 1. The topological polar surface area (TPSA) is 26.3 Å². The number of carbonyl (C=O) groups excluding carboxylic acids is 1. The molecule has 0 aliphatic heterocycles. The van der Waals surface area contributed by atoms with Crippen LogP contribution in [0.3, 0.4) is 0 Å². The van der Waals surface area contributed by atoms with Gasteiger partial charge in [0.2, 0.25) is 0 Å².